The van der Waals surface area contributed by atoms with Crippen LogP contribution in [0.3, 0.4) is 0 Å². The molecule has 27 heavy (non-hydrogen) atoms. The van der Waals surface area contributed by atoms with Gasteiger partial charge >= 0.3 is 0 Å². The summed E-state index contributed by atoms with van der Waals surface area (Å²) in [5.74, 6) is 1.07. The van der Waals surface area contributed by atoms with Gasteiger partial charge < -0.3 is 15.4 Å². The number of anilines is 1. The van der Waals surface area contributed by atoms with Gasteiger partial charge in [0.15, 0.2) is 0 Å². The number of rotatable bonds is 5. The van der Waals surface area contributed by atoms with Gasteiger partial charge in [0, 0.05) is 17.0 Å². The summed E-state index contributed by atoms with van der Waals surface area (Å²) < 4.78 is 5.42. The first-order valence-corrected chi connectivity index (χ1v) is 9.77. The Morgan fingerprint density at radius 3 is 2.41 bits per heavy atom. The molecule has 140 valence electrons. The molecule has 1 heterocycles. The normalized spacial score (nSPS) is 14.9. The van der Waals surface area contributed by atoms with Gasteiger partial charge in [0.05, 0.1) is 12.6 Å². The van der Waals surface area contributed by atoms with E-state index < -0.39 is 0 Å². The summed E-state index contributed by atoms with van der Waals surface area (Å²) in [5.41, 5.74) is 2.23. The van der Waals surface area contributed by atoms with Gasteiger partial charge in [-0.05, 0) is 43.7 Å². The standard InChI is InChI=1S/C21H22N2O3S/c1-14(16-6-4-3-5-7-16)22-20(24)17-8-10-18(11-9-17)23-21(25)19-15(2)26-12-13-27-19/h3-11,14H,12-13H2,1-2H3,(H,22,24)(H,23,25)/t14-/m1/s1. The fourth-order valence-corrected chi connectivity index (χ4v) is 3.54. The van der Waals surface area contributed by atoms with E-state index in [1.54, 1.807) is 31.2 Å². The van der Waals surface area contributed by atoms with Crippen LogP contribution < -0.4 is 10.6 Å². The summed E-state index contributed by atoms with van der Waals surface area (Å²) >= 11 is 1.49. The minimum atomic E-state index is -0.188. The molecule has 0 fully saturated rings. The van der Waals surface area contributed by atoms with E-state index in [0.29, 0.717) is 28.5 Å². The third-order valence-electron chi connectivity index (χ3n) is 4.23. The van der Waals surface area contributed by atoms with Crippen molar-refractivity contribution >= 4 is 29.3 Å². The Hall–Kier alpha value is -2.73. The van der Waals surface area contributed by atoms with E-state index in [2.05, 4.69) is 10.6 Å². The molecule has 0 radical (unpaired) electrons. The van der Waals surface area contributed by atoms with Gasteiger partial charge in [0.2, 0.25) is 0 Å². The van der Waals surface area contributed by atoms with Crippen LogP contribution in [0.15, 0.2) is 65.3 Å². The first-order chi connectivity index (χ1) is 13.0. The fourth-order valence-electron chi connectivity index (χ4n) is 2.73. The van der Waals surface area contributed by atoms with E-state index in [1.807, 2.05) is 37.3 Å². The van der Waals surface area contributed by atoms with Crippen molar-refractivity contribution in [2.24, 2.45) is 0 Å². The van der Waals surface area contributed by atoms with Crippen LogP contribution in [0.1, 0.15) is 35.8 Å². The zero-order chi connectivity index (χ0) is 19.2. The molecule has 0 bridgehead atoms. The van der Waals surface area contributed by atoms with Gasteiger partial charge in [-0.1, -0.05) is 30.3 Å². The summed E-state index contributed by atoms with van der Waals surface area (Å²) in [5, 5.41) is 5.82. The van der Waals surface area contributed by atoms with Crippen LogP contribution in [-0.4, -0.2) is 24.2 Å². The maximum absolute atomic E-state index is 12.4. The molecule has 0 aromatic heterocycles. The van der Waals surface area contributed by atoms with Crippen LogP contribution in [0.4, 0.5) is 5.69 Å². The zero-order valence-corrected chi connectivity index (χ0v) is 16.1. The van der Waals surface area contributed by atoms with Gasteiger partial charge in [0.25, 0.3) is 11.8 Å². The van der Waals surface area contributed by atoms with Crippen LogP contribution in [0.2, 0.25) is 0 Å². The molecule has 0 spiro atoms. The van der Waals surface area contributed by atoms with Crippen LogP contribution in [0, 0.1) is 0 Å². The minimum Gasteiger partial charge on any atom is -0.496 e. The van der Waals surface area contributed by atoms with E-state index in [1.165, 1.54) is 11.8 Å². The van der Waals surface area contributed by atoms with Crippen molar-refractivity contribution in [1.29, 1.82) is 0 Å². The molecule has 0 aliphatic carbocycles. The molecular weight excluding hydrogens is 360 g/mol. The van der Waals surface area contributed by atoms with E-state index in [4.69, 9.17) is 4.74 Å². The molecule has 1 atom stereocenters. The molecule has 5 nitrogen and oxygen atoms in total. The number of benzene rings is 2. The van der Waals surface area contributed by atoms with Gasteiger partial charge in [-0.2, -0.15) is 0 Å². The van der Waals surface area contributed by atoms with Crippen molar-refractivity contribution in [3.8, 4) is 0 Å². The first-order valence-electron chi connectivity index (χ1n) is 8.78. The number of hydrogen-bond acceptors (Lipinski definition) is 4. The molecule has 2 N–H and O–H groups in total. The topological polar surface area (TPSA) is 67.4 Å². The SMILES string of the molecule is CC1=C(C(=O)Nc2ccc(C(=O)N[C@H](C)c3ccccc3)cc2)SCCO1. The minimum absolute atomic E-state index is 0.0867. The summed E-state index contributed by atoms with van der Waals surface area (Å²) in [4.78, 5) is 25.4. The number of ether oxygens (including phenoxy) is 1. The molecule has 0 saturated carbocycles. The third kappa shape index (κ3) is 4.92. The van der Waals surface area contributed by atoms with E-state index >= 15 is 0 Å². The predicted molar refractivity (Wildman–Crippen MR) is 109 cm³/mol. The lowest BCUT2D eigenvalue weighted by Crippen LogP contribution is -2.26. The van der Waals surface area contributed by atoms with Crippen molar-refractivity contribution < 1.29 is 14.3 Å². The van der Waals surface area contributed by atoms with Crippen molar-refractivity contribution in [1.82, 2.24) is 5.32 Å². The fraction of sp³-hybridized carbons (Fsp3) is 0.238. The molecule has 3 rings (SSSR count). The number of allylic oxidation sites excluding steroid dienone is 1. The lowest BCUT2D eigenvalue weighted by Gasteiger charge is -2.18. The number of carbonyl (C=O) groups excluding carboxylic acids is 2. The Morgan fingerprint density at radius 1 is 1.04 bits per heavy atom. The number of carbonyl (C=O) groups is 2. The summed E-state index contributed by atoms with van der Waals surface area (Å²) in [6, 6.07) is 16.6. The highest BCUT2D eigenvalue weighted by Gasteiger charge is 2.19. The molecule has 2 aromatic carbocycles. The largest absolute Gasteiger partial charge is 0.496 e. The summed E-state index contributed by atoms with van der Waals surface area (Å²) in [6.07, 6.45) is 0. The lowest BCUT2D eigenvalue weighted by atomic mass is 10.1. The Morgan fingerprint density at radius 2 is 1.74 bits per heavy atom. The molecule has 0 unspecified atom stereocenters. The van der Waals surface area contributed by atoms with E-state index in [-0.39, 0.29) is 17.9 Å². The van der Waals surface area contributed by atoms with Crippen LogP contribution >= 0.6 is 11.8 Å². The Balaban J connectivity index is 1.61. The van der Waals surface area contributed by atoms with Gasteiger partial charge in [0.1, 0.15) is 10.7 Å². The smallest absolute Gasteiger partial charge is 0.265 e. The molecular formula is C21H22N2O3S. The second-order valence-electron chi connectivity index (χ2n) is 6.22. The van der Waals surface area contributed by atoms with Crippen molar-refractivity contribution in [3.63, 3.8) is 0 Å². The molecule has 0 saturated heterocycles. The van der Waals surface area contributed by atoms with Crippen molar-refractivity contribution in [2.45, 2.75) is 19.9 Å². The van der Waals surface area contributed by atoms with Crippen LogP contribution in [0.5, 0.6) is 0 Å². The summed E-state index contributed by atoms with van der Waals surface area (Å²) in [7, 11) is 0. The number of hydrogen-bond donors (Lipinski definition) is 2. The van der Waals surface area contributed by atoms with E-state index in [0.717, 1.165) is 11.3 Å². The first kappa shape index (κ1) is 19.0. The highest BCUT2D eigenvalue weighted by molar-refractivity contribution is 8.04. The van der Waals surface area contributed by atoms with Crippen LogP contribution in [-0.2, 0) is 9.53 Å². The average molecular weight is 382 g/mol. The van der Waals surface area contributed by atoms with Gasteiger partial charge in [-0.3, -0.25) is 9.59 Å². The van der Waals surface area contributed by atoms with Gasteiger partial charge in [-0.25, -0.2) is 0 Å². The second-order valence-corrected chi connectivity index (χ2v) is 7.32. The van der Waals surface area contributed by atoms with E-state index in [9.17, 15) is 9.59 Å². The highest BCUT2D eigenvalue weighted by atomic mass is 32.2. The number of thioether (sulfide) groups is 1. The Labute approximate surface area is 163 Å². The quantitative estimate of drug-likeness (QED) is 0.817. The second kappa shape index (κ2) is 8.77. The van der Waals surface area contributed by atoms with Crippen molar-refractivity contribution in [3.05, 3.63) is 76.4 Å². The molecule has 1 aliphatic heterocycles. The maximum atomic E-state index is 12.4. The molecule has 1 aliphatic rings. The third-order valence-corrected chi connectivity index (χ3v) is 5.36. The molecule has 2 aromatic rings. The summed E-state index contributed by atoms with van der Waals surface area (Å²) in [6.45, 7) is 4.36. The average Bonchev–Trinajstić information content (AvgIpc) is 2.69. The zero-order valence-electron chi connectivity index (χ0n) is 15.3. The molecule has 6 heteroatoms. The van der Waals surface area contributed by atoms with Crippen LogP contribution in [0.25, 0.3) is 0 Å². The van der Waals surface area contributed by atoms with Crippen molar-refractivity contribution in [2.75, 3.05) is 17.7 Å². The monoisotopic (exact) mass is 382 g/mol. The van der Waals surface area contributed by atoms with Gasteiger partial charge in [-0.15, -0.1) is 11.8 Å². The number of amides is 2. The maximum Gasteiger partial charge on any atom is 0.265 e. The lowest BCUT2D eigenvalue weighted by molar-refractivity contribution is -0.112. The Bertz CT molecular complexity index is 847. The predicted octanol–water partition coefficient (Wildman–Crippen LogP) is 4.11. The number of nitrogens with one attached hydrogen (secondary N) is 2. The molecule has 2 amide bonds. The Kier molecular flexibility index (Phi) is 6.19. The highest BCUT2D eigenvalue weighted by Crippen LogP contribution is 2.26.